The highest BCUT2D eigenvalue weighted by Gasteiger charge is 2.11. The van der Waals surface area contributed by atoms with Crippen LogP contribution in [0.1, 0.15) is 24.5 Å². The number of nitrogens with two attached hydrogens (primary N) is 1. The zero-order valence-electron chi connectivity index (χ0n) is 11.0. The first-order valence-electron chi connectivity index (χ1n) is 6.21. The molecule has 0 atom stereocenters. The molecule has 1 aromatic carbocycles. The summed E-state index contributed by atoms with van der Waals surface area (Å²) in [6.45, 7) is 4.23. The van der Waals surface area contributed by atoms with Crippen LogP contribution in [0.15, 0.2) is 23.4 Å². The van der Waals surface area contributed by atoms with E-state index in [0.29, 0.717) is 18.5 Å². The molecule has 0 fully saturated rings. The first kappa shape index (κ1) is 15.4. The molecule has 6 heteroatoms. The van der Waals surface area contributed by atoms with Crippen LogP contribution in [0.25, 0.3) is 0 Å². The summed E-state index contributed by atoms with van der Waals surface area (Å²) >= 11 is 0. The summed E-state index contributed by atoms with van der Waals surface area (Å²) in [5.41, 5.74) is 6.74. The second-order valence-electron chi connectivity index (χ2n) is 4.23. The highest BCUT2D eigenvalue weighted by atomic mass is 19.1. The molecule has 106 valence electrons. The number of rotatable bonds is 7. The molecule has 0 saturated carbocycles. The van der Waals surface area contributed by atoms with Crippen LogP contribution in [-0.2, 0) is 6.54 Å². The molecule has 5 nitrogen and oxygen atoms in total. The molecular formula is C13H20FN3O2. The van der Waals surface area contributed by atoms with E-state index in [9.17, 15) is 4.39 Å². The zero-order chi connectivity index (χ0) is 14.3. The Kier molecular flexibility index (Phi) is 6.24. The molecule has 19 heavy (non-hydrogen) atoms. The Bertz CT molecular complexity index is 438. The van der Waals surface area contributed by atoms with Crippen molar-refractivity contribution in [2.45, 2.75) is 19.9 Å². The van der Waals surface area contributed by atoms with E-state index < -0.39 is 5.82 Å². The van der Waals surface area contributed by atoms with Gasteiger partial charge in [-0.2, -0.15) is 0 Å². The molecule has 0 aliphatic rings. The first-order valence-corrected chi connectivity index (χ1v) is 6.21. The first-order chi connectivity index (χ1) is 9.12. The summed E-state index contributed by atoms with van der Waals surface area (Å²) < 4.78 is 13.2. The number of hydrogen-bond acceptors (Lipinski definition) is 4. The molecule has 0 radical (unpaired) electrons. The van der Waals surface area contributed by atoms with Crippen molar-refractivity contribution < 1.29 is 14.7 Å². The van der Waals surface area contributed by atoms with Crippen molar-refractivity contribution in [2.75, 3.05) is 19.7 Å². The van der Waals surface area contributed by atoms with Crippen molar-refractivity contribution in [2.24, 2.45) is 10.9 Å². The van der Waals surface area contributed by atoms with Gasteiger partial charge in [-0.3, -0.25) is 4.90 Å². The van der Waals surface area contributed by atoms with Gasteiger partial charge in [-0.1, -0.05) is 18.1 Å². The third-order valence-corrected chi connectivity index (χ3v) is 2.93. The van der Waals surface area contributed by atoms with Crippen molar-refractivity contribution in [3.8, 4) is 0 Å². The van der Waals surface area contributed by atoms with Crippen LogP contribution in [0.5, 0.6) is 0 Å². The number of benzene rings is 1. The van der Waals surface area contributed by atoms with Gasteiger partial charge in [0.1, 0.15) is 5.82 Å². The molecule has 0 spiro atoms. The Morgan fingerprint density at radius 1 is 1.47 bits per heavy atom. The lowest BCUT2D eigenvalue weighted by molar-refractivity contribution is 0.225. The lowest BCUT2D eigenvalue weighted by Gasteiger charge is -2.21. The van der Waals surface area contributed by atoms with Crippen LogP contribution in [0, 0.1) is 5.82 Å². The van der Waals surface area contributed by atoms with E-state index in [2.05, 4.69) is 10.1 Å². The predicted molar refractivity (Wildman–Crippen MR) is 71.6 cm³/mol. The van der Waals surface area contributed by atoms with E-state index in [1.807, 2.05) is 6.92 Å². The van der Waals surface area contributed by atoms with Gasteiger partial charge in [-0.15, -0.1) is 0 Å². The minimum atomic E-state index is -0.427. The van der Waals surface area contributed by atoms with Crippen LogP contribution in [0.3, 0.4) is 0 Å². The largest absolute Gasteiger partial charge is 0.409 e. The molecule has 0 bridgehead atoms. The molecule has 0 saturated heterocycles. The summed E-state index contributed by atoms with van der Waals surface area (Å²) in [5.74, 6) is -0.531. The van der Waals surface area contributed by atoms with Gasteiger partial charge in [0, 0.05) is 25.3 Å². The number of amidine groups is 1. The fraction of sp³-hybridized carbons (Fsp3) is 0.462. The second kappa shape index (κ2) is 7.70. The lowest BCUT2D eigenvalue weighted by Crippen LogP contribution is -2.26. The maximum absolute atomic E-state index is 13.2. The molecule has 1 rings (SSSR count). The van der Waals surface area contributed by atoms with Crippen molar-refractivity contribution in [3.63, 3.8) is 0 Å². The lowest BCUT2D eigenvalue weighted by atomic mass is 10.1. The predicted octanol–water partition coefficient (Wildman–Crippen LogP) is 1.12. The number of aliphatic hydroxyl groups excluding tert-OH is 1. The number of oxime groups is 1. The van der Waals surface area contributed by atoms with Gasteiger partial charge >= 0.3 is 0 Å². The molecule has 0 aliphatic carbocycles. The van der Waals surface area contributed by atoms with Crippen molar-refractivity contribution in [1.29, 1.82) is 0 Å². The standard InChI is InChI=1S/C13H20FN3O2/c1-2-17(6-3-7-18)9-10-4-5-11(14)8-12(10)13(15)16-19/h4-5,8,18-19H,2-3,6-7,9H2,1H3,(H2,15,16). The van der Waals surface area contributed by atoms with E-state index in [-0.39, 0.29) is 12.4 Å². The van der Waals surface area contributed by atoms with Gasteiger partial charge in [0.05, 0.1) is 0 Å². The topological polar surface area (TPSA) is 82.1 Å². The van der Waals surface area contributed by atoms with Crippen LogP contribution < -0.4 is 5.73 Å². The molecule has 4 N–H and O–H groups in total. The number of nitrogens with zero attached hydrogens (tertiary/aromatic N) is 2. The van der Waals surface area contributed by atoms with Crippen LogP contribution in [-0.4, -0.2) is 40.7 Å². The van der Waals surface area contributed by atoms with E-state index in [1.165, 1.54) is 12.1 Å². The number of aliphatic hydroxyl groups is 1. The Balaban J connectivity index is 2.92. The zero-order valence-corrected chi connectivity index (χ0v) is 11.0. The monoisotopic (exact) mass is 269 g/mol. The van der Waals surface area contributed by atoms with Crippen molar-refractivity contribution in [3.05, 3.63) is 35.1 Å². The summed E-state index contributed by atoms with van der Waals surface area (Å²) in [6, 6.07) is 4.23. The molecular weight excluding hydrogens is 249 g/mol. The molecule has 1 aromatic rings. The normalized spacial score (nSPS) is 12.1. The summed E-state index contributed by atoms with van der Waals surface area (Å²) in [5, 5.41) is 20.5. The second-order valence-corrected chi connectivity index (χ2v) is 4.23. The van der Waals surface area contributed by atoms with Gasteiger partial charge in [-0.05, 0) is 30.7 Å². The van der Waals surface area contributed by atoms with Crippen molar-refractivity contribution in [1.82, 2.24) is 4.90 Å². The summed E-state index contributed by atoms with van der Waals surface area (Å²) in [4.78, 5) is 2.09. The Morgan fingerprint density at radius 2 is 2.21 bits per heavy atom. The fourth-order valence-corrected chi connectivity index (χ4v) is 1.86. The molecule has 0 aromatic heterocycles. The maximum Gasteiger partial charge on any atom is 0.170 e. The van der Waals surface area contributed by atoms with E-state index in [1.54, 1.807) is 6.07 Å². The minimum Gasteiger partial charge on any atom is -0.409 e. The average molecular weight is 269 g/mol. The quantitative estimate of drug-likeness (QED) is 0.300. The molecule has 0 aliphatic heterocycles. The maximum atomic E-state index is 13.2. The minimum absolute atomic E-state index is 0.104. The smallest absolute Gasteiger partial charge is 0.170 e. The third kappa shape index (κ3) is 4.50. The summed E-state index contributed by atoms with van der Waals surface area (Å²) in [6.07, 6.45) is 0.675. The Hall–Kier alpha value is -1.66. The molecule has 0 heterocycles. The van der Waals surface area contributed by atoms with Crippen LogP contribution >= 0.6 is 0 Å². The van der Waals surface area contributed by atoms with Gasteiger partial charge in [0.15, 0.2) is 5.84 Å². The van der Waals surface area contributed by atoms with E-state index in [0.717, 1.165) is 18.7 Å². The third-order valence-electron chi connectivity index (χ3n) is 2.93. The summed E-state index contributed by atoms with van der Waals surface area (Å²) in [7, 11) is 0. The van der Waals surface area contributed by atoms with Crippen LogP contribution in [0.2, 0.25) is 0 Å². The highest BCUT2D eigenvalue weighted by molar-refractivity contribution is 5.98. The SMILES string of the molecule is CCN(CCCO)Cc1ccc(F)cc1/C(N)=N/O. The molecule has 0 unspecified atom stereocenters. The highest BCUT2D eigenvalue weighted by Crippen LogP contribution is 2.14. The Labute approximate surface area is 112 Å². The van der Waals surface area contributed by atoms with Crippen LogP contribution in [0.4, 0.5) is 4.39 Å². The van der Waals surface area contributed by atoms with E-state index >= 15 is 0 Å². The van der Waals surface area contributed by atoms with E-state index in [4.69, 9.17) is 16.0 Å². The average Bonchev–Trinajstić information content (AvgIpc) is 2.43. The Morgan fingerprint density at radius 3 is 2.79 bits per heavy atom. The van der Waals surface area contributed by atoms with Crippen molar-refractivity contribution >= 4 is 5.84 Å². The number of halogens is 1. The van der Waals surface area contributed by atoms with Gasteiger partial charge in [0.25, 0.3) is 0 Å². The fourth-order valence-electron chi connectivity index (χ4n) is 1.86. The van der Waals surface area contributed by atoms with Gasteiger partial charge in [0.2, 0.25) is 0 Å². The van der Waals surface area contributed by atoms with Gasteiger partial charge in [-0.25, -0.2) is 4.39 Å². The number of hydrogen-bond donors (Lipinski definition) is 3. The molecule has 0 amide bonds. The van der Waals surface area contributed by atoms with Gasteiger partial charge < -0.3 is 16.0 Å².